The molecule has 4 unspecified atom stereocenters. The predicted molar refractivity (Wildman–Crippen MR) is 81.7 cm³/mol. The fourth-order valence-electron chi connectivity index (χ4n) is 3.09. The molecule has 1 aromatic heterocycles. The Labute approximate surface area is 122 Å². The van der Waals surface area contributed by atoms with Crippen molar-refractivity contribution >= 4 is 11.6 Å². The van der Waals surface area contributed by atoms with Crippen LogP contribution in [0.25, 0.3) is 0 Å². The van der Waals surface area contributed by atoms with E-state index in [-0.39, 0.29) is 0 Å². The van der Waals surface area contributed by atoms with Crippen molar-refractivity contribution in [3.8, 4) is 0 Å². The normalized spacial score (nSPS) is 29.4. The Kier molecular flexibility index (Phi) is 5.32. The standard InChI is InChI=1S/C16H27ClN2/c1-4-12(3)19-9-8-15(18-19)11-14-10-13(5-2)6-7-16(14)17/h8-9,12-14,16H,4-7,10-11H2,1-3H3. The van der Waals surface area contributed by atoms with Gasteiger partial charge in [0.15, 0.2) is 0 Å². The molecule has 1 saturated carbocycles. The molecule has 2 rings (SSSR count). The second-order valence-electron chi connectivity index (χ2n) is 6.11. The Balaban J connectivity index is 1.97. The Hall–Kier alpha value is -0.500. The van der Waals surface area contributed by atoms with E-state index in [1.54, 1.807) is 0 Å². The molecule has 0 N–H and O–H groups in total. The van der Waals surface area contributed by atoms with Crippen LogP contribution in [0.4, 0.5) is 0 Å². The van der Waals surface area contributed by atoms with Crippen molar-refractivity contribution in [3.63, 3.8) is 0 Å². The predicted octanol–water partition coefficient (Wildman–Crippen LogP) is 4.83. The number of nitrogens with zero attached hydrogens (tertiary/aromatic N) is 2. The highest BCUT2D eigenvalue weighted by Crippen LogP contribution is 2.36. The van der Waals surface area contributed by atoms with E-state index in [0.29, 0.717) is 17.3 Å². The Morgan fingerprint density at radius 3 is 2.89 bits per heavy atom. The zero-order chi connectivity index (χ0) is 13.8. The molecule has 2 nitrogen and oxygen atoms in total. The number of rotatable bonds is 5. The highest BCUT2D eigenvalue weighted by Gasteiger charge is 2.29. The van der Waals surface area contributed by atoms with Crippen LogP contribution in [0.1, 0.15) is 64.6 Å². The summed E-state index contributed by atoms with van der Waals surface area (Å²) in [6.07, 6.45) is 9.35. The van der Waals surface area contributed by atoms with Crippen LogP contribution in [0.3, 0.4) is 0 Å². The van der Waals surface area contributed by atoms with Crippen LogP contribution in [-0.2, 0) is 6.42 Å². The third-order valence-corrected chi connectivity index (χ3v) is 5.33. The molecule has 1 heterocycles. The van der Waals surface area contributed by atoms with Crippen molar-refractivity contribution in [2.75, 3.05) is 0 Å². The molecule has 108 valence electrons. The number of aromatic nitrogens is 2. The molecule has 0 aromatic carbocycles. The van der Waals surface area contributed by atoms with Crippen LogP contribution >= 0.6 is 11.6 Å². The van der Waals surface area contributed by atoms with E-state index >= 15 is 0 Å². The Morgan fingerprint density at radius 1 is 1.42 bits per heavy atom. The van der Waals surface area contributed by atoms with E-state index in [1.165, 1.54) is 31.4 Å². The van der Waals surface area contributed by atoms with Crippen LogP contribution in [0.15, 0.2) is 12.3 Å². The van der Waals surface area contributed by atoms with Crippen LogP contribution in [-0.4, -0.2) is 15.2 Å². The molecule has 0 amide bonds. The van der Waals surface area contributed by atoms with Gasteiger partial charge in [-0.05, 0) is 56.9 Å². The average Bonchev–Trinajstić information content (AvgIpc) is 2.89. The van der Waals surface area contributed by atoms with Gasteiger partial charge in [0, 0.05) is 17.6 Å². The largest absolute Gasteiger partial charge is 0.270 e. The fourth-order valence-corrected chi connectivity index (χ4v) is 3.41. The number of hydrogen-bond acceptors (Lipinski definition) is 1. The van der Waals surface area contributed by atoms with Gasteiger partial charge in [0.1, 0.15) is 0 Å². The SMILES string of the molecule is CCC1CCC(Cl)C(Cc2ccn(C(C)CC)n2)C1. The maximum atomic E-state index is 6.52. The summed E-state index contributed by atoms with van der Waals surface area (Å²) in [4.78, 5) is 0. The van der Waals surface area contributed by atoms with Crippen molar-refractivity contribution in [1.29, 1.82) is 0 Å². The third kappa shape index (κ3) is 3.75. The molecule has 1 aliphatic carbocycles. The average molecular weight is 283 g/mol. The molecule has 19 heavy (non-hydrogen) atoms. The fraction of sp³-hybridized carbons (Fsp3) is 0.812. The topological polar surface area (TPSA) is 17.8 Å². The van der Waals surface area contributed by atoms with Gasteiger partial charge in [0.25, 0.3) is 0 Å². The smallest absolute Gasteiger partial charge is 0.0628 e. The van der Waals surface area contributed by atoms with Crippen molar-refractivity contribution in [3.05, 3.63) is 18.0 Å². The molecule has 0 saturated heterocycles. The summed E-state index contributed by atoms with van der Waals surface area (Å²) >= 11 is 6.52. The first-order valence-electron chi connectivity index (χ1n) is 7.82. The lowest BCUT2D eigenvalue weighted by Crippen LogP contribution is -2.27. The van der Waals surface area contributed by atoms with E-state index in [9.17, 15) is 0 Å². The minimum absolute atomic E-state index is 0.344. The summed E-state index contributed by atoms with van der Waals surface area (Å²) in [5.41, 5.74) is 1.22. The molecule has 0 aliphatic heterocycles. The number of hydrogen-bond donors (Lipinski definition) is 0. The summed E-state index contributed by atoms with van der Waals surface area (Å²) in [5, 5.41) is 5.06. The molecule has 1 aliphatic rings. The first-order chi connectivity index (χ1) is 9.13. The zero-order valence-corrected chi connectivity index (χ0v) is 13.2. The number of alkyl halides is 1. The minimum atomic E-state index is 0.344. The van der Waals surface area contributed by atoms with Crippen molar-refractivity contribution < 1.29 is 0 Å². The summed E-state index contributed by atoms with van der Waals surface area (Å²) < 4.78 is 2.10. The van der Waals surface area contributed by atoms with Gasteiger partial charge < -0.3 is 0 Å². The summed E-state index contributed by atoms with van der Waals surface area (Å²) in [6.45, 7) is 6.72. The lowest BCUT2D eigenvalue weighted by Gasteiger charge is -2.32. The van der Waals surface area contributed by atoms with Gasteiger partial charge in [0.2, 0.25) is 0 Å². The van der Waals surface area contributed by atoms with Gasteiger partial charge >= 0.3 is 0 Å². The van der Waals surface area contributed by atoms with Crippen LogP contribution < -0.4 is 0 Å². The third-order valence-electron chi connectivity index (χ3n) is 4.75. The van der Waals surface area contributed by atoms with E-state index < -0.39 is 0 Å². The number of halogens is 1. The van der Waals surface area contributed by atoms with Gasteiger partial charge in [-0.15, -0.1) is 11.6 Å². The van der Waals surface area contributed by atoms with Gasteiger partial charge in [-0.1, -0.05) is 20.3 Å². The quantitative estimate of drug-likeness (QED) is 0.707. The summed E-state index contributed by atoms with van der Waals surface area (Å²) in [6, 6.07) is 2.67. The van der Waals surface area contributed by atoms with Crippen molar-refractivity contribution in [2.45, 2.75) is 70.7 Å². The highest BCUT2D eigenvalue weighted by molar-refractivity contribution is 6.20. The van der Waals surface area contributed by atoms with Gasteiger partial charge in [0.05, 0.1) is 5.69 Å². The van der Waals surface area contributed by atoms with Crippen LogP contribution in [0.5, 0.6) is 0 Å². The Bertz CT molecular complexity index is 388. The summed E-state index contributed by atoms with van der Waals surface area (Å²) in [5.74, 6) is 1.48. The maximum absolute atomic E-state index is 6.52. The van der Waals surface area contributed by atoms with Crippen molar-refractivity contribution in [2.24, 2.45) is 11.8 Å². The van der Waals surface area contributed by atoms with E-state index in [4.69, 9.17) is 16.7 Å². The first-order valence-corrected chi connectivity index (χ1v) is 8.25. The second kappa shape index (κ2) is 6.78. The molecule has 1 aromatic rings. The molecular formula is C16H27ClN2. The van der Waals surface area contributed by atoms with Crippen molar-refractivity contribution in [1.82, 2.24) is 9.78 Å². The molecule has 0 spiro atoms. The zero-order valence-electron chi connectivity index (χ0n) is 12.5. The van der Waals surface area contributed by atoms with Gasteiger partial charge in [-0.2, -0.15) is 5.10 Å². The lowest BCUT2D eigenvalue weighted by atomic mass is 9.78. The lowest BCUT2D eigenvalue weighted by molar-refractivity contribution is 0.263. The highest BCUT2D eigenvalue weighted by atomic mass is 35.5. The maximum Gasteiger partial charge on any atom is 0.0628 e. The minimum Gasteiger partial charge on any atom is -0.270 e. The second-order valence-corrected chi connectivity index (χ2v) is 6.67. The molecule has 4 atom stereocenters. The molecule has 1 fully saturated rings. The van der Waals surface area contributed by atoms with E-state index in [0.717, 1.165) is 18.8 Å². The first kappa shape index (κ1) is 14.9. The van der Waals surface area contributed by atoms with Gasteiger partial charge in [-0.25, -0.2) is 0 Å². The summed E-state index contributed by atoms with van der Waals surface area (Å²) in [7, 11) is 0. The molecule has 0 bridgehead atoms. The Morgan fingerprint density at radius 2 is 2.21 bits per heavy atom. The molecule has 3 heteroatoms. The van der Waals surface area contributed by atoms with Crippen LogP contribution in [0.2, 0.25) is 0 Å². The molecule has 0 radical (unpaired) electrons. The van der Waals surface area contributed by atoms with Crippen LogP contribution in [0, 0.1) is 11.8 Å². The van der Waals surface area contributed by atoms with E-state index in [2.05, 4.69) is 37.7 Å². The van der Waals surface area contributed by atoms with E-state index in [1.807, 2.05) is 0 Å². The molecular weight excluding hydrogens is 256 g/mol. The van der Waals surface area contributed by atoms with Gasteiger partial charge in [-0.3, -0.25) is 4.68 Å². The monoisotopic (exact) mass is 282 g/mol.